The molecule has 1 aromatic carbocycles. The number of rotatable bonds is 1. The van der Waals surface area contributed by atoms with Crippen molar-refractivity contribution in [3.63, 3.8) is 0 Å². The number of hydrogen-bond acceptors (Lipinski definition) is 3. The van der Waals surface area contributed by atoms with Crippen molar-refractivity contribution < 1.29 is 4.79 Å². The van der Waals surface area contributed by atoms with Crippen molar-refractivity contribution in [3.8, 4) is 6.07 Å². The van der Waals surface area contributed by atoms with E-state index in [0.29, 0.717) is 15.6 Å². The molecule has 1 heterocycles. The van der Waals surface area contributed by atoms with E-state index in [4.69, 9.17) is 5.26 Å². The quantitative estimate of drug-likeness (QED) is 0.742. The van der Waals surface area contributed by atoms with Gasteiger partial charge in [-0.3, -0.25) is 4.79 Å². The molecule has 68 valence electrons. The first kappa shape index (κ1) is 9.38. The van der Waals surface area contributed by atoms with Gasteiger partial charge in [0, 0.05) is 25.5 Å². The van der Waals surface area contributed by atoms with Crippen LogP contribution in [0.3, 0.4) is 0 Å². The molecule has 0 saturated carbocycles. The molecule has 0 aliphatic heterocycles. The summed E-state index contributed by atoms with van der Waals surface area (Å²) in [5.74, 6) is 0. The van der Waals surface area contributed by atoms with Crippen LogP contribution in [-0.4, -0.2) is 6.29 Å². The van der Waals surface area contributed by atoms with Crippen LogP contribution in [-0.2, 0) is 0 Å². The number of nitriles is 1. The Hall–Kier alpha value is -1.18. The van der Waals surface area contributed by atoms with Crippen LogP contribution in [0.4, 0.5) is 0 Å². The largest absolute Gasteiger partial charge is 0.298 e. The van der Waals surface area contributed by atoms with Gasteiger partial charge in [0.2, 0.25) is 0 Å². The fourth-order valence-electron chi connectivity index (χ4n) is 1.28. The number of hydrogen-bond donors (Lipinski definition) is 0. The molecule has 0 aliphatic rings. The Balaban J connectivity index is 2.92. The average Bonchev–Trinajstić information content (AvgIpc) is 2.62. The van der Waals surface area contributed by atoms with Crippen LogP contribution in [0.2, 0.25) is 0 Å². The number of nitrogens with zero attached hydrogens (tertiary/aromatic N) is 1. The molecule has 1 aromatic heterocycles. The van der Waals surface area contributed by atoms with Gasteiger partial charge < -0.3 is 0 Å². The van der Waals surface area contributed by atoms with Gasteiger partial charge in [0.15, 0.2) is 6.29 Å². The van der Waals surface area contributed by atoms with Crippen molar-refractivity contribution in [1.82, 2.24) is 0 Å². The smallest absolute Gasteiger partial charge is 0.151 e. The number of carbonyl (C=O) groups excluding carboxylic acids is 1. The molecule has 0 aliphatic carbocycles. The van der Waals surface area contributed by atoms with E-state index in [1.807, 2.05) is 6.07 Å². The van der Waals surface area contributed by atoms with E-state index in [-0.39, 0.29) is 0 Å². The fraction of sp³-hybridized carbons (Fsp3) is 0. The maximum atomic E-state index is 10.7. The van der Waals surface area contributed by atoms with Crippen molar-refractivity contribution in [1.29, 1.82) is 5.26 Å². The molecule has 0 atom stereocenters. The first-order valence-corrected chi connectivity index (χ1v) is 5.50. The summed E-state index contributed by atoms with van der Waals surface area (Å²) >= 11 is 4.84. The monoisotopic (exact) mass is 265 g/mol. The molecule has 0 amide bonds. The number of aldehydes is 1. The number of fused-ring (bicyclic) bond motifs is 1. The van der Waals surface area contributed by atoms with E-state index in [0.717, 1.165) is 16.4 Å². The molecule has 14 heavy (non-hydrogen) atoms. The Morgan fingerprint density at radius 3 is 2.93 bits per heavy atom. The minimum absolute atomic E-state index is 0.576. The second kappa shape index (κ2) is 3.52. The second-order valence-electron chi connectivity index (χ2n) is 2.72. The predicted octanol–water partition coefficient (Wildman–Crippen LogP) is 3.35. The van der Waals surface area contributed by atoms with Gasteiger partial charge in [-0.05, 0) is 28.1 Å². The topological polar surface area (TPSA) is 40.9 Å². The number of benzene rings is 1. The van der Waals surface area contributed by atoms with Crippen LogP contribution in [0.5, 0.6) is 0 Å². The average molecular weight is 266 g/mol. The Kier molecular flexibility index (Phi) is 2.36. The maximum Gasteiger partial charge on any atom is 0.151 e. The first-order valence-electron chi connectivity index (χ1n) is 3.83. The highest BCUT2D eigenvalue weighted by Crippen LogP contribution is 2.33. The van der Waals surface area contributed by atoms with E-state index in [1.54, 1.807) is 11.4 Å². The molecule has 2 aromatic rings. The molecule has 0 saturated heterocycles. The van der Waals surface area contributed by atoms with E-state index in [1.165, 1.54) is 11.3 Å². The van der Waals surface area contributed by atoms with E-state index in [9.17, 15) is 4.79 Å². The standard InChI is InChI=1S/C10H4BrNOS/c11-10-6(4-13)1-2-8-9(10)7(3-12)5-14-8/h1-2,4-5H. The van der Waals surface area contributed by atoms with Gasteiger partial charge in [0.1, 0.15) is 6.07 Å². The van der Waals surface area contributed by atoms with Crippen molar-refractivity contribution in [2.75, 3.05) is 0 Å². The predicted molar refractivity (Wildman–Crippen MR) is 59.6 cm³/mol. The molecule has 0 spiro atoms. The van der Waals surface area contributed by atoms with Gasteiger partial charge in [-0.1, -0.05) is 0 Å². The zero-order valence-electron chi connectivity index (χ0n) is 6.95. The van der Waals surface area contributed by atoms with Gasteiger partial charge in [-0.15, -0.1) is 11.3 Å². The zero-order chi connectivity index (χ0) is 10.1. The Morgan fingerprint density at radius 1 is 1.50 bits per heavy atom. The van der Waals surface area contributed by atoms with Crippen LogP contribution in [0.15, 0.2) is 22.0 Å². The molecule has 4 heteroatoms. The van der Waals surface area contributed by atoms with E-state index < -0.39 is 0 Å². The van der Waals surface area contributed by atoms with Crippen molar-refractivity contribution in [2.45, 2.75) is 0 Å². The van der Waals surface area contributed by atoms with Crippen molar-refractivity contribution >= 4 is 43.6 Å². The summed E-state index contributed by atoms with van der Waals surface area (Å²) in [7, 11) is 0. The molecule has 0 fully saturated rings. The van der Waals surface area contributed by atoms with Gasteiger partial charge in [-0.25, -0.2) is 0 Å². The third-order valence-electron chi connectivity index (χ3n) is 1.95. The fourth-order valence-corrected chi connectivity index (χ4v) is 2.95. The number of thiophene rings is 1. The van der Waals surface area contributed by atoms with Crippen molar-refractivity contribution in [2.24, 2.45) is 0 Å². The van der Waals surface area contributed by atoms with Crippen LogP contribution in [0.25, 0.3) is 10.1 Å². The SMILES string of the molecule is N#Cc1csc2ccc(C=O)c(Br)c12. The van der Waals surface area contributed by atoms with Crippen LogP contribution in [0, 0.1) is 11.3 Å². The molecule has 0 N–H and O–H groups in total. The minimum Gasteiger partial charge on any atom is -0.298 e. The maximum absolute atomic E-state index is 10.7. The summed E-state index contributed by atoms with van der Waals surface area (Å²) in [4.78, 5) is 10.7. The summed E-state index contributed by atoms with van der Waals surface area (Å²) in [6.45, 7) is 0. The van der Waals surface area contributed by atoms with Gasteiger partial charge in [0.25, 0.3) is 0 Å². The van der Waals surface area contributed by atoms with E-state index in [2.05, 4.69) is 22.0 Å². The summed E-state index contributed by atoms with van der Waals surface area (Å²) in [5.41, 5.74) is 1.19. The molecule has 0 unspecified atom stereocenters. The summed E-state index contributed by atoms with van der Waals surface area (Å²) in [6, 6.07) is 5.71. The zero-order valence-corrected chi connectivity index (χ0v) is 9.35. The highest BCUT2D eigenvalue weighted by Gasteiger charge is 2.10. The molecule has 0 bridgehead atoms. The van der Waals surface area contributed by atoms with Gasteiger partial charge in [-0.2, -0.15) is 5.26 Å². The van der Waals surface area contributed by atoms with Crippen molar-refractivity contribution in [3.05, 3.63) is 33.1 Å². The first-order chi connectivity index (χ1) is 6.77. The normalized spacial score (nSPS) is 10.0. The lowest BCUT2D eigenvalue weighted by Gasteiger charge is -1.98. The highest BCUT2D eigenvalue weighted by atomic mass is 79.9. The molecular formula is C10H4BrNOS. The molecule has 2 nitrogen and oxygen atoms in total. The minimum atomic E-state index is 0.576. The van der Waals surface area contributed by atoms with Gasteiger partial charge in [0.05, 0.1) is 5.56 Å². The Morgan fingerprint density at radius 2 is 2.29 bits per heavy atom. The molecular weight excluding hydrogens is 262 g/mol. The lowest BCUT2D eigenvalue weighted by atomic mass is 10.1. The molecule has 2 rings (SSSR count). The van der Waals surface area contributed by atoms with Crippen LogP contribution >= 0.6 is 27.3 Å². The van der Waals surface area contributed by atoms with Gasteiger partial charge >= 0.3 is 0 Å². The number of halogens is 1. The highest BCUT2D eigenvalue weighted by molar-refractivity contribution is 9.10. The summed E-state index contributed by atoms with van der Waals surface area (Å²) < 4.78 is 1.72. The van der Waals surface area contributed by atoms with Crippen LogP contribution < -0.4 is 0 Å². The third-order valence-corrected chi connectivity index (χ3v) is 3.76. The van der Waals surface area contributed by atoms with Crippen LogP contribution in [0.1, 0.15) is 15.9 Å². The molecule has 0 radical (unpaired) electrons. The lowest BCUT2D eigenvalue weighted by Crippen LogP contribution is -1.82. The number of carbonyl (C=O) groups is 1. The van der Waals surface area contributed by atoms with E-state index >= 15 is 0 Å². The summed E-state index contributed by atoms with van der Waals surface area (Å²) in [5, 5.41) is 11.5. The Bertz CT molecular complexity index is 553. The lowest BCUT2D eigenvalue weighted by molar-refractivity contribution is 0.112. The summed E-state index contributed by atoms with van der Waals surface area (Å²) in [6.07, 6.45) is 0.780. The second-order valence-corrected chi connectivity index (χ2v) is 4.43. The third kappa shape index (κ3) is 1.26. The Labute approximate surface area is 92.9 Å².